The highest BCUT2D eigenvalue weighted by Crippen LogP contribution is 2.28. The van der Waals surface area contributed by atoms with Crippen molar-refractivity contribution >= 4 is 15.9 Å². The fraction of sp³-hybridized carbons (Fsp3) is 0.333. The highest BCUT2D eigenvalue weighted by molar-refractivity contribution is 9.10. The normalized spacial score (nSPS) is 12.6. The first-order valence-electron chi connectivity index (χ1n) is 4.59. The Kier molecular flexibility index (Phi) is 3.90. The molecule has 1 rings (SSSR count). The molecule has 76 valence electrons. The number of halogens is 1. The van der Waals surface area contributed by atoms with Crippen molar-refractivity contribution in [2.45, 2.75) is 26.4 Å². The van der Waals surface area contributed by atoms with Crippen molar-refractivity contribution in [3.05, 3.63) is 46.0 Å². The van der Waals surface area contributed by atoms with E-state index in [2.05, 4.69) is 22.5 Å². The molecular formula is C12H15BrO. The number of benzene rings is 1. The second-order valence-corrected chi connectivity index (χ2v) is 4.56. The van der Waals surface area contributed by atoms with Crippen LogP contribution in [0.3, 0.4) is 0 Å². The van der Waals surface area contributed by atoms with Gasteiger partial charge in [-0.3, -0.25) is 0 Å². The van der Waals surface area contributed by atoms with Gasteiger partial charge in [-0.1, -0.05) is 39.2 Å². The first kappa shape index (κ1) is 11.5. The molecule has 1 unspecified atom stereocenters. The van der Waals surface area contributed by atoms with E-state index in [1.807, 2.05) is 32.0 Å². The number of rotatable bonds is 3. The summed E-state index contributed by atoms with van der Waals surface area (Å²) in [6.45, 7) is 7.74. The molecule has 0 spiro atoms. The van der Waals surface area contributed by atoms with E-state index in [9.17, 15) is 5.11 Å². The molecule has 0 aromatic heterocycles. The Morgan fingerprint density at radius 3 is 2.79 bits per heavy atom. The average Bonchev–Trinajstić information content (AvgIpc) is 2.08. The summed E-state index contributed by atoms with van der Waals surface area (Å²) in [5.41, 5.74) is 3.09. The van der Waals surface area contributed by atoms with Gasteiger partial charge in [0.1, 0.15) is 0 Å². The Morgan fingerprint density at radius 2 is 2.21 bits per heavy atom. The number of hydrogen-bond donors (Lipinski definition) is 1. The molecule has 0 saturated carbocycles. The average molecular weight is 255 g/mol. The third kappa shape index (κ3) is 2.96. The van der Waals surface area contributed by atoms with Gasteiger partial charge in [0.05, 0.1) is 6.10 Å². The smallest absolute Gasteiger partial charge is 0.0837 e. The van der Waals surface area contributed by atoms with Crippen molar-refractivity contribution in [2.24, 2.45) is 0 Å². The molecule has 0 radical (unpaired) electrons. The number of aliphatic hydroxyl groups is 1. The molecule has 0 amide bonds. The van der Waals surface area contributed by atoms with Crippen LogP contribution in [0.5, 0.6) is 0 Å². The molecule has 1 aromatic carbocycles. The highest BCUT2D eigenvalue weighted by Gasteiger charge is 2.11. The van der Waals surface area contributed by atoms with Crippen molar-refractivity contribution in [1.29, 1.82) is 0 Å². The van der Waals surface area contributed by atoms with Crippen molar-refractivity contribution in [2.75, 3.05) is 0 Å². The van der Waals surface area contributed by atoms with Gasteiger partial charge in [0.15, 0.2) is 0 Å². The molecule has 0 heterocycles. The lowest BCUT2D eigenvalue weighted by Crippen LogP contribution is -1.99. The molecule has 0 bridgehead atoms. The summed E-state index contributed by atoms with van der Waals surface area (Å²) in [6.07, 6.45) is 0.156. The van der Waals surface area contributed by atoms with E-state index in [0.29, 0.717) is 6.42 Å². The van der Waals surface area contributed by atoms with Gasteiger partial charge in [-0.25, -0.2) is 0 Å². The number of aryl methyl sites for hydroxylation is 1. The lowest BCUT2D eigenvalue weighted by atomic mass is 10.0. The monoisotopic (exact) mass is 254 g/mol. The predicted octanol–water partition coefficient (Wildman–Crippen LogP) is 3.76. The lowest BCUT2D eigenvalue weighted by molar-refractivity contribution is 0.177. The van der Waals surface area contributed by atoms with Crippen molar-refractivity contribution in [3.63, 3.8) is 0 Å². The van der Waals surface area contributed by atoms with Gasteiger partial charge in [0.25, 0.3) is 0 Å². The standard InChI is InChI=1S/C12H15BrO/c1-8(2)6-12(14)10-7-9(3)4-5-11(10)13/h4-5,7,12,14H,1,6H2,2-3H3. The molecule has 0 fully saturated rings. The van der Waals surface area contributed by atoms with Crippen LogP contribution < -0.4 is 0 Å². The third-order valence-corrected chi connectivity index (χ3v) is 2.77. The van der Waals surface area contributed by atoms with Crippen LogP contribution in [0.2, 0.25) is 0 Å². The van der Waals surface area contributed by atoms with Gasteiger partial charge >= 0.3 is 0 Å². The molecule has 0 saturated heterocycles. The second-order valence-electron chi connectivity index (χ2n) is 3.70. The highest BCUT2D eigenvalue weighted by atomic mass is 79.9. The van der Waals surface area contributed by atoms with Crippen LogP contribution in [-0.4, -0.2) is 5.11 Å². The zero-order valence-corrected chi connectivity index (χ0v) is 10.1. The summed E-state index contributed by atoms with van der Waals surface area (Å²) in [6, 6.07) is 5.98. The minimum Gasteiger partial charge on any atom is -0.388 e. The maximum Gasteiger partial charge on any atom is 0.0837 e. The number of aliphatic hydroxyl groups excluding tert-OH is 1. The molecule has 1 aromatic rings. The van der Waals surface area contributed by atoms with E-state index in [-0.39, 0.29) is 0 Å². The molecule has 1 N–H and O–H groups in total. The third-order valence-electron chi connectivity index (χ3n) is 2.05. The first-order valence-corrected chi connectivity index (χ1v) is 5.38. The zero-order valence-electron chi connectivity index (χ0n) is 8.55. The summed E-state index contributed by atoms with van der Waals surface area (Å²) in [5.74, 6) is 0. The largest absolute Gasteiger partial charge is 0.388 e. The van der Waals surface area contributed by atoms with Crippen LogP contribution in [0.1, 0.15) is 30.6 Å². The van der Waals surface area contributed by atoms with Gasteiger partial charge in [0, 0.05) is 4.47 Å². The van der Waals surface area contributed by atoms with Crippen molar-refractivity contribution in [3.8, 4) is 0 Å². The molecular weight excluding hydrogens is 240 g/mol. The van der Waals surface area contributed by atoms with Gasteiger partial charge in [-0.15, -0.1) is 6.58 Å². The molecule has 0 aliphatic heterocycles. The van der Waals surface area contributed by atoms with E-state index < -0.39 is 6.10 Å². The van der Waals surface area contributed by atoms with Crippen LogP contribution in [0.4, 0.5) is 0 Å². The summed E-state index contributed by atoms with van der Waals surface area (Å²) in [4.78, 5) is 0. The van der Waals surface area contributed by atoms with E-state index in [1.165, 1.54) is 0 Å². The Labute approximate surface area is 93.6 Å². The molecule has 0 aliphatic rings. The summed E-state index contributed by atoms with van der Waals surface area (Å²) in [5, 5.41) is 9.91. The van der Waals surface area contributed by atoms with Crippen LogP contribution in [0.25, 0.3) is 0 Å². The van der Waals surface area contributed by atoms with Crippen LogP contribution in [0.15, 0.2) is 34.8 Å². The van der Waals surface area contributed by atoms with E-state index in [4.69, 9.17) is 0 Å². The molecule has 14 heavy (non-hydrogen) atoms. The topological polar surface area (TPSA) is 20.2 Å². The van der Waals surface area contributed by atoms with Crippen LogP contribution >= 0.6 is 15.9 Å². The summed E-state index contributed by atoms with van der Waals surface area (Å²) in [7, 11) is 0. The quantitative estimate of drug-likeness (QED) is 0.815. The van der Waals surface area contributed by atoms with Crippen molar-refractivity contribution in [1.82, 2.24) is 0 Å². The molecule has 1 atom stereocenters. The first-order chi connectivity index (χ1) is 6.50. The maximum atomic E-state index is 9.91. The fourth-order valence-corrected chi connectivity index (χ4v) is 1.87. The van der Waals surface area contributed by atoms with Gasteiger partial charge in [0.2, 0.25) is 0 Å². The SMILES string of the molecule is C=C(C)CC(O)c1cc(C)ccc1Br. The van der Waals surface area contributed by atoms with E-state index >= 15 is 0 Å². The van der Waals surface area contributed by atoms with Gasteiger partial charge in [-0.2, -0.15) is 0 Å². The van der Waals surface area contributed by atoms with Crippen molar-refractivity contribution < 1.29 is 5.11 Å². The number of hydrogen-bond acceptors (Lipinski definition) is 1. The van der Waals surface area contributed by atoms with Gasteiger partial charge < -0.3 is 5.11 Å². The van der Waals surface area contributed by atoms with E-state index in [1.54, 1.807) is 0 Å². The Morgan fingerprint density at radius 1 is 1.57 bits per heavy atom. The minimum atomic E-state index is -0.457. The maximum absolute atomic E-state index is 9.91. The fourth-order valence-electron chi connectivity index (χ4n) is 1.36. The Bertz CT molecular complexity index is 344. The van der Waals surface area contributed by atoms with Crippen LogP contribution in [0, 0.1) is 6.92 Å². The predicted molar refractivity (Wildman–Crippen MR) is 63.3 cm³/mol. The molecule has 0 aliphatic carbocycles. The second kappa shape index (κ2) is 4.76. The summed E-state index contributed by atoms with van der Waals surface area (Å²) < 4.78 is 0.955. The lowest BCUT2D eigenvalue weighted by Gasteiger charge is -2.13. The Hall–Kier alpha value is -0.600. The molecule has 1 nitrogen and oxygen atoms in total. The Balaban J connectivity index is 2.93. The summed E-state index contributed by atoms with van der Waals surface area (Å²) >= 11 is 3.43. The van der Waals surface area contributed by atoms with E-state index in [0.717, 1.165) is 21.2 Å². The minimum absolute atomic E-state index is 0.457. The van der Waals surface area contributed by atoms with Crippen LogP contribution in [-0.2, 0) is 0 Å². The molecule has 2 heteroatoms. The zero-order chi connectivity index (χ0) is 10.7. The van der Waals surface area contributed by atoms with Gasteiger partial charge in [-0.05, 0) is 31.9 Å².